The Morgan fingerprint density at radius 3 is 2.80 bits per heavy atom. The normalized spacial score (nSPS) is 10.6. The van der Waals surface area contributed by atoms with E-state index >= 15 is 0 Å². The molecule has 0 radical (unpaired) electrons. The monoisotopic (exact) mass is 222 g/mol. The number of thioether (sulfide) groups is 1. The zero-order chi connectivity index (χ0) is 11.3. The van der Waals surface area contributed by atoms with Gasteiger partial charge in [-0.2, -0.15) is 4.99 Å². The molecular formula is C11H14N2OS. The molecule has 0 aliphatic heterocycles. The van der Waals surface area contributed by atoms with E-state index in [4.69, 9.17) is 0 Å². The number of hydrogen-bond donors (Lipinski definition) is 0. The highest BCUT2D eigenvalue weighted by molar-refractivity contribution is 7.98. The molecule has 0 fully saturated rings. The second-order valence-corrected chi connectivity index (χ2v) is 4.12. The Hall–Kier alpha value is -1.29. The van der Waals surface area contributed by atoms with Crippen LogP contribution in [0.15, 0.2) is 34.2 Å². The summed E-state index contributed by atoms with van der Waals surface area (Å²) in [6.45, 7) is 0. The van der Waals surface area contributed by atoms with Gasteiger partial charge in [-0.25, -0.2) is 0 Å². The molecule has 3 nitrogen and oxygen atoms in total. The highest BCUT2D eigenvalue weighted by atomic mass is 32.2. The number of rotatable bonds is 3. The summed E-state index contributed by atoms with van der Waals surface area (Å²) in [6.07, 6.45) is 3.49. The predicted octanol–water partition coefficient (Wildman–Crippen LogP) is 2.14. The number of carbonyl (C=O) groups excluding carboxylic acids is 1. The van der Waals surface area contributed by atoms with Crippen molar-refractivity contribution < 1.29 is 4.79 Å². The molecule has 0 aromatic heterocycles. The second-order valence-electron chi connectivity index (χ2n) is 3.25. The summed E-state index contributed by atoms with van der Waals surface area (Å²) < 4.78 is 0. The van der Waals surface area contributed by atoms with Gasteiger partial charge in [-0.15, -0.1) is 11.8 Å². The molecule has 0 saturated heterocycles. The van der Waals surface area contributed by atoms with Crippen molar-refractivity contribution in [1.82, 2.24) is 4.90 Å². The van der Waals surface area contributed by atoms with E-state index in [1.165, 1.54) is 6.34 Å². The Labute approximate surface area is 94.2 Å². The van der Waals surface area contributed by atoms with Gasteiger partial charge in [0.15, 0.2) is 0 Å². The lowest BCUT2D eigenvalue weighted by Gasteiger charge is -2.02. The van der Waals surface area contributed by atoms with Gasteiger partial charge in [-0.1, -0.05) is 6.07 Å². The fourth-order valence-electron chi connectivity index (χ4n) is 0.999. The van der Waals surface area contributed by atoms with E-state index in [0.29, 0.717) is 5.56 Å². The van der Waals surface area contributed by atoms with Crippen molar-refractivity contribution >= 4 is 24.0 Å². The van der Waals surface area contributed by atoms with E-state index in [9.17, 15) is 4.79 Å². The molecule has 0 unspecified atom stereocenters. The summed E-state index contributed by atoms with van der Waals surface area (Å²) >= 11 is 1.61. The third-order valence-corrected chi connectivity index (χ3v) is 2.45. The zero-order valence-corrected chi connectivity index (χ0v) is 9.91. The van der Waals surface area contributed by atoms with Gasteiger partial charge in [0.1, 0.15) is 0 Å². The van der Waals surface area contributed by atoms with Crippen LogP contribution in [0.3, 0.4) is 0 Å². The summed E-state index contributed by atoms with van der Waals surface area (Å²) in [7, 11) is 3.66. The van der Waals surface area contributed by atoms with Gasteiger partial charge in [0.05, 0.1) is 6.34 Å². The first-order valence-corrected chi connectivity index (χ1v) is 5.75. The number of nitrogens with zero attached hydrogens (tertiary/aromatic N) is 2. The van der Waals surface area contributed by atoms with E-state index in [2.05, 4.69) is 4.99 Å². The molecule has 15 heavy (non-hydrogen) atoms. The summed E-state index contributed by atoms with van der Waals surface area (Å²) in [5, 5.41) is 0. The van der Waals surface area contributed by atoms with Crippen molar-refractivity contribution in [2.24, 2.45) is 4.99 Å². The van der Waals surface area contributed by atoms with Gasteiger partial charge in [0.25, 0.3) is 5.91 Å². The largest absolute Gasteiger partial charge is 0.369 e. The lowest BCUT2D eigenvalue weighted by atomic mass is 10.2. The molecule has 0 saturated carbocycles. The van der Waals surface area contributed by atoms with Gasteiger partial charge in [-0.3, -0.25) is 4.79 Å². The summed E-state index contributed by atoms with van der Waals surface area (Å²) in [6, 6.07) is 7.45. The lowest BCUT2D eigenvalue weighted by Crippen LogP contribution is -2.09. The molecule has 1 rings (SSSR count). The fourth-order valence-corrected chi connectivity index (χ4v) is 1.46. The maximum Gasteiger partial charge on any atom is 0.278 e. The van der Waals surface area contributed by atoms with Crippen molar-refractivity contribution in [2.45, 2.75) is 4.90 Å². The number of hydrogen-bond acceptors (Lipinski definition) is 2. The van der Waals surface area contributed by atoms with Crippen LogP contribution in [0.4, 0.5) is 0 Å². The molecule has 4 heteroatoms. The summed E-state index contributed by atoms with van der Waals surface area (Å²) in [5.41, 5.74) is 0.625. The second kappa shape index (κ2) is 5.56. The number of benzene rings is 1. The maximum atomic E-state index is 11.6. The van der Waals surface area contributed by atoms with Crippen molar-refractivity contribution in [3.05, 3.63) is 29.8 Å². The van der Waals surface area contributed by atoms with Crippen LogP contribution < -0.4 is 0 Å². The van der Waals surface area contributed by atoms with Crippen molar-refractivity contribution in [3.63, 3.8) is 0 Å². The maximum absolute atomic E-state index is 11.6. The minimum Gasteiger partial charge on any atom is -0.369 e. The molecule has 0 spiro atoms. The first kappa shape index (κ1) is 11.8. The lowest BCUT2D eigenvalue weighted by molar-refractivity contribution is 0.100. The topological polar surface area (TPSA) is 32.7 Å². The SMILES string of the molecule is CSc1cccc(C(=O)/N=C\N(C)C)c1. The van der Waals surface area contributed by atoms with Crippen molar-refractivity contribution in [3.8, 4) is 0 Å². The average molecular weight is 222 g/mol. The van der Waals surface area contributed by atoms with Gasteiger partial charge in [0.2, 0.25) is 0 Å². The van der Waals surface area contributed by atoms with Crippen LogP contribution >= 0.6 is 11.8 Å². The minimum absolute atomic E-state index is 0.209. The van der Waals surface area contributed by atoms with E-state index in [0.717, 1.165) is 4.90 Å². The first-order chi connectivity index (χ1) is 7.13. The van der Waals surface area contributed by atoms with E-state index in [1.807, 2.05) is 38.6 Å². The molecule has 1 aromatic carbocycles. The molecule has 0 bridgehead atoms. The van der Waals surface area contributed by atoms with E-state index in [1.54, 1.807) is 22.7 Å². The molecule has 80 valence electrons. The van der Waals surface area contributed by atoms with Crippen LogP contribution in [0.1, 0.15) is 10.4 Å². The van der Waals surface area contributed by atoms with Crippen LogP contribution in [-0.2, 0) is 0 Å². The molecule has 0 N–H and O–H groups in total. The van der Waals surface area contributed by atoms with Crippen molar-refractivity contribution in [2.75, 3.05) is 20.4 Å². The molecule has 0 aliphatic carbocycles. The van der Waals surface area contributed by atoms with Gasteiger partial charge in [0, 0.05) is 24.6 Å². The Kier molecular flexibility index (Phi) is 4.37. The summed E-state index contributed by atoms with van der Waals surface area (Å²) in [4.78, 5) is 18.2. The van der Waals surface area contributed by atoms with Crippen LogP contribution in [0.2, 0.25) is 0 Å². The molecular weight excluding hydrogens is 208 g/mol. The van der Waals surface area contributed by atoms with E-state index < -0.39 is 0 Å². The standard InChI is InChI=1S/C11H14N2OS/c1-13(2)8-12-11(14)9-5-4-6-10(7-9)15-3/h4-8H,1-3H3/b12-8-. The molecule has 0 heterocycles. The van der Waals surface area contributed by atoms with Crippen LogP contribution in [0, 0.1) is 0 Å². The highest BCUT2D eigenvalue weighted by Gasteiger charge is 2.03. The average Bonchev–Trinajstić information content (AvgIpc) is 2.26. The smallest absolute Gasteiger partial charge is 0.278 e. The van der Waals surface area contributed by atoms with Gasteiger partial charge < -0.3 is 4.90 Å². The quantitative estimate of drug-likeness (QED) is 0.446. The minimum atomic E-state index is -0.209. The Bertz CT molecular complexity index is 375. The third kappa shape index (κ3) is 3.75. The van der Waals surface area contributed by atoms with Crippen molar-refractivity contribution in [1.29, 1.82) is 0 Å². The van der Waals surface area contributed by atoms with Gasteiger partial charge >= 0.3 is 0 Å². The molecule has 1 aromatic rings. The number of amides is 1. The molecule has 0 aliphatic rings. The first-order valence-electron chi connectivity index (χ1n) is 4.52. The summed E-state index contributed by atoms with van der Waals surface area (Å²) in [5.74, 6) is -0.209. The highest BCUT2D eigenvalue weighted by Crippen LogP contribution is 2.16. The van der Waals surface area contributed by atoms with E-state index in [-0.39, 0.29) is 5.91 Å². The van der Waals surface area contributed by atoms with Crippen LogP contribution in [0.25, 0.3) is 0 Å². The zero-order valence-electron chi connectivity index (χ0n) is 9.10. The number of carbonyl (C=O) groups is 1. The molecule has 0 atom stereocenters. The third-order valence-electron chi connectivity index (χ3n) is 1.72. The molecule has 1 amide bonds. The fraction of sp³-hybridized carbons (Fsp3) is 0.273. The predicted molar refractivity (Wildman–Crippen MR) is 64.7 cm³/mol. The Morgan fingerprint density at radius 1 is 1.47 bits per heavy atom. The Morgan fingerprint density at radius 2 is 2.20 bits per heavy atom. The van der Waals surface area contributed by atoms with Crippen LogP contribution in [0.5, 0.6) is 0 Å². The van der Waals surface area contributed by atoms with Crippen LogP contribution in [-0.4, -0.2) is 37.5 Å². The number of aliphatic imine (C=N–C) groups is 1. The van der Waals surface area contributed by atoms with Gasteiger partial charge in [-0.05, 0) is 24.5 Å². The Balaban J connectivity index is 2.82.